The van der Waals surface area contributed by atoms with E-state index in [1.54, 1.807) is 0 Å². The lowest BCUT2D eigenvalue weighted by Crippen LogP contribution is -2.44. The number of carboxylic acids is 1. The van der Waals surface area contributed by atoms with Gasteiger partial charge in [-0.1, -0.05) is 0 Å². The third kappa shape index (κ3) is 4.85. The van der Waals surface area contributed by atoms with E-state index in [0.29, 0.717) is 0 Å². The summed E-state index contributed by atoms with van der Waals surface area (Å²) in [4.78, 5) is 20.8. The molecule has 0 heterocycles. The normalized spacial score (nSPS) is 14.9. The number of carbonyl (C=O) groups is 2. The van der Waals surface area contributed by atoms with E-state index in [1.807, 2.05) is 5.32 Å². The van der Waals surface area contributed by atoms with E-state index in [4.69, 9.17) is 5.11 Å². The zero-order valence-corrected chi connectivity index (χ0v) is 8.01. The van der Waals surface area contributed by atoms with Crippen LogP contribution in [0.4, 0.5) is 8.78 Å². The summed E-state index contributed by atoms with van der Waals surface area (Å²) in [7, 11) is -2.57. The van der Waals surface area contributed by atoms with Crippen molar-refractivity contribution in [2.45, 2.75) is 18.7 Å². The van der Waals surface area contributed by atoms with Crippen LogP contribution in [0.3, 0.4) is 0 Å². The Kier molecular flexibility index (Phi) is 5.21. The van der Waals surface area contributed by atoms with E-state index in [0.717, 1.165) is 6.92 Å². The summed E-state index contributed by atoms with van der Waals surface area (Å²) in [5, 5.41) is 10.4. The van der Waals surface area contributed by atoms with Crippen LogP contribution >= 0.6 is 0 Å². The second-order valence-corrected chi connectivity index (χ2v) is 3.85. The molecule has 1 amide bonds. The molecule has 0 aromatic carbocycles. The lowest BCUT2D eigenvalue weighted by atomic mass is 10.3. The van der Waals surface area contributed by atoms with Gasteiger partial charge in [0.1, 0.15) is 6.04 Å². The standard InChI is InChI=1S/C6H9F2NO4S/c1-3(10)9-4(5(11)12)2-14(13)6(7)8/h4,6H,2H2,1H3,(H,9,10)(H,11,12). The quantitative estimate of drug-likeness (QED) is 0.668. The summed E-state index contributed by atoms with van der Waals surface area (Å²) in [6.45, 7) is 1.04. The molecular formula is C6H9F2NO4S. The highest BCUT2D eigenvalue weighted by Crippen LogP contribution is 2.02. The minimum Gasteiger partial charge on any atom is -0.480 e. The Morgan fingerprint density at radius 1 is 1.50 bits per heavy atom. The third-order valence-electron chi connectivity index (χ3n) is 1.21. The van der Waals surface area contributed by atoms with Crippen molar-refractivity contribution < 1.29 is 27.7 Å². The monoisotopic (exact) mass is 229 g/mol. The molecule has 0 saturated heterocycles. The third-order valence-corrected chi connectivity index (χ3v) is 2.26. The first-order valence-corrected chi connectivity index (χ1v) is 4.88. The maximum Gasteiger partial charge on any atom is 0.327 e. The van der Waals surface area contributed by atoms with Crippen LogP contribution in [-0.2, 0) is 20.4 Å². The van der Waals surface area contributed by atoms with Gasteiger partial charge in [-0.15, -0.1) is 0 Å². The molecule has 82 valence electrons. The summed E-state index contributed by atoms with van der Waals surface area (Å²) >= 11 is 0. The van der Waals surface area contributed by atoms with Crippen molar-refractivity contribution in [1.29, 1.82) is 0 Å². The van der Waals surface area contributed by atoms with Gasteiger partial charge in [-0.25, -0.2) is 4.79 Å². The molecule has 0 saturated carbocycles. The van der Waals surface area contributed by atoms with Crippen LogP contribution in [0.15, 0.2) is 0 Å². The zero-order valence-electron chi connectivity index (χ0n) is 7.20. The van der Waals surface area contributed by atoms with Crippen LogP contribution in [0.1, 0.15) is 6.92 Å². The fourth-order valence-electron chi connectivity index (χ4n) is 0.657. The average Bonchev–Trinajstić information content (AvgIpc) is 2.01. The molecule has 2 atom stereocenters. The predicted octanol–water partition coefficient (Wildman–Crippen LogP) is -0.453. The van der Waals surface area contributed by atoms with Crippen molar-refractivity contribution in [1.82, 2.24) is 5.32 Å². The van der Waals surface area contributed by atoms with Crippen LogP contribution in [0.2, 0.25) is 0 Å². The molecule has 2 N–H and O–H groups in total. The van der Waals surface area contributed by atoms with Crippen LogP contribution in [-0.4, -0.2) is 38.7 Å². The molecule has 2 unspecified atom stereocenters. The van der Waals surface area contributed by atoms with Gasteiger partial charge in [0.05, 0.1) is 16.6 Å². The van der Waals surface area contributed by atoms with Crippen LogP contribution in [0.25, 0.3) is 0 Å². The Bertz CT molecular complexity index is 258. The van der Waals surface area contributed by atoms with Crippen molar-refractivity contribution in [2.24, 2.45) is 0 Å². The number of hydrogen-bond acceptors (Lipinski definition) is 3. The Hall–Kier alpha value is -1.05. The van der Waals surface area contributed by atoms with Gasteiger partial charge in [-0.05, 0) is 0 Å². The first-order chi connectivity index (χ1) is 6.34. The summed E-state index contributed by atoms with van der Waals surface area (Å²) in [6.07, 6.45) is 0. The number of nitrogens with one attached hydrogen (secondary N) is 1. The van der Waals surface area contributed by atoms with Gasteiger partial charge in [0, 0.05) is 6.92 Å². The second kappa shape index (κ2) is 5.63. The maximum absolute atomic E-state index is 11.8. The smallest absolute Gasteiger partial charge is 0.327 e. The Balaban J connectivity index is 4.31. The van der Waals surface area contributed by atoms with Gasteiger partial charge >= 0.3 is 11.7 Å². The van der Waals surface area contributed by atoms with Crippen molar-refractivity contribution in [3.05, 3.63) is 0 Å². The molecule has 0 spiro atoms. The lowest BCUT2D eigenvalue weighted by molar-refractivity contribution is -0.140. The molecule has 0 aliphatic rings. The van der Waals surface area contributed by atoms with Crippen molar-refractivity contribution in [2.75, 3.05) is 5.75 Å². The number of carboxylic acid groups (broad SMARTS) is 1. The molecule has 14 heavy (non-hydrogen) atoms. The van der Waals surface area contributed by atoms with Gasteiger partial charge < -0.3 is 10.4 Å². The van der Waals surface area contributed by atoms with E-state index in [1.165, 1.54) is 0 Å². The number of amides is 1. The lowest BCUT2D eigenvalue weighted by Gasteiger charge is -2.11. The van der Waals surface area contributed by atoms with Crippen molar-refractivity contribution >= 4 is 22.7 Å². The topological polar surface area (TPSA) is 83.5 Å². The second-order valence-electron chi connectivity index (χ2n) is 2.40. The molecule has 0 aliphatic carbocycles. The summed E-state index contributed by atoms with van der Waals surface area (Å²) in [5.41, 5.74) is 0. The molecule has 0 fully saturated rings. The van der Waals surface area contributed by atoms with Gasteiger partial charge in [-0.3, -0.25) is 9.00 Å². The van der Waals surface area contributed by atoms with Gasteiger partial charge in [0.15, 0.2) is 0 Å². The molecule has 0 aromatic heterocycles. The molecule has 0 rings (SSSR count). The van der Waals surface area contributed by atoms with Crippen LogP contribution < -0.4 is 5.32 Å². The number of alkyl halides is 2. The van der Waals surface area contributed by atoms with Gasteiger partial charge in [0.25, 0.3) is 0 Å². The SMILES string of the molecule is CC(=O)NC(CS(=O)C(F)F)C(=O)O. The molecular weight excluding hydrogens is 220 g/mol. The van der Waals surface area contributed by atoms with E-state index >= 15 is 0 Å². The molecule has 8 heteroatoms. The van der Waals surface area contributed by atoms with Crippen molar-refractivity contribution in [3.63, 3.8) is 0 Å². The summed E-state index contributed by atoms with van der Waals surface area (Å²) < 4.78 is 34.2. The highest BCUT2D eigenvalue weighted by molar-refractivity contribution is 7.85. The van der Waals surface area contributed by atoms with Gasteiger partial charge in [0.2, 0.25) is 5.91 Å². The van der Waals surface area contributed by atoms with E-state index < -0.39 is 40.2 Å². The number of carbonyl (C=O) groups excluding carboxylic acids is 1. The first-order valence-electron chi connectivity index (χ1n) is 3.49. The molecule has 0 aliphatic heterocycles. The Morgan fingerprint density at radius 3 is 2.29 bits per heavy atom. The molecule has 0 bridgehead atoms. The number of hydrogen-bond donors (Lipinski definition) is 2. The van der Waals surface area contributed by atoms with E-state index in [2.05, 4.69) is 0 Å². The van der Waals surface area contributed by atoms with E-state index in [-0.39, 0.29) is 0 Å². The minimum atomic E-state index is -3.11. The highest BCUT2D eigenvalue weighted by Gasteiger charge is 2.25. The zero-order chi connectivity index (χ0) is 11.3. The average molecular weight is 229 g/mol. The summed E-state index contributed by atoms with van der Waals surface area (Å²) in [5.74, 6) is -6.07. The minimum absolute atomic E-state index is 0.677. The maximum atomic E-state index is 11.8. The fraction of sp³-hybridized carbons (Fsp3) is 0.667. The fourth-order valence-corrected chi connectivity index (χ4v) is 1.36. The van der Waals surface area contributed by atoms with Crippen LogP contribution in [0.5, 0.6) is 0 Å². The molecule has 5 nitrogen and oxygen atoms in total. The Morgan fingerprint density at radius 2 is 2.00 bits per heavy atom. The van der Waals surface area contributed by atoms with Crippen molar-refractivity contribution in [3.8, 4) is 0 Å². The number of halogens is 2. The predicted molar refractivity (Wildman–Crippen MR) is 44.3 cm³/mol. The number of rotatable bonds is 5. The molecule has 0 aromatic rings. The van der Waals surface area contributed by atoms with E-state index in [9.17, 15) is 22.6 Å². The van der Waals surface area contributed by atoms with Gasteiger partial charge in [-0.2, -0.15) is 8.78 Å². The Labute approximate surface area is 80.9 Å². The van der Waals surface area contributed by atoms with Crippen LogP contribution in [0, 0.1) is 0 Å². The highest BCUT2D eigenvalue weighted by atomic mass is 32.2. The number of aliphatic carboxylic acids is 1. The largest absolute Gasteiger partial charge is 0.480 e. The molecule has 0 radical (unpaired) electrons. The first kappa shape index (κ1) is 12.9. The summed E-state index contributed by atoms with van der Waals surface area (Å²) in [6, 6.07) is -1.54.